The summed E-state index contributed by atoms with van der Waals surface area (Å²) in [7, 11) is 0. The summed E-state index contributed by atoms with van der Waals surface area (Å²) in [6.45, 7) is 1.90. The molecule has 0 unspecified atom stereocenters. The van der Waals surface area contributed by atoms with Gasteiger partial charge in [-0.05, 0) is 36.8 Å². The number of hydrazine groups is 1. The van der Waals surface area contributed by atoms with Crippen LogP contribution in [0.2, 0.25) is 0 Å². The van der Waals surface area contributed by atoms with Gasteiger partial charge < -0.3 is 0 Å². The first-order valence-electron chi connectivity index (χ1n) is 8.76. The zero-order valence-electron chi connectivity index (χ0n) is 15.1. The number of nitrogens with zero attached hydrogens (tertiary/aromatic N) is 2. The summed E-state index contributed by atoms with van der Waals surface area (Å²) in [5.74, 6) is 0.0921. The normalized spacial score (nSPS) is 10.6. The van der Waals surface area contributed by atoms with Crippen molar-refractivity contribution < 1.29 is 4.79 Å². The highest BCUT2D eigenvalue weighted by Crippen LogP contribution is 2.29. The molecule has 1 heterocycles. The van der Waals surface area contributed by atoms with E-state index >= 15 is 0 Å². The Morgan fingerprint density at radius 3 is 2.46 bits per heavy atom. The van der Waals surface area contributed by atoms with Crippen LogP contribution in [0.15, 0.2) is 77.3 Å². The monoisotopic (exact) mass is 432 g/mol. The number of benzene rings is 3. The van der Waals surface area contributed by atoms with Crippen molar-refractivity contribution >= 4 is 38.7 Å². The lowest BCUT2D eigenvalue weighted by Crippen LogP contribution is -2.30. The molecule has 0 atom stereocenters. The molecular formula is C22H17BrN4O. The number of fused-ring (bicyclic) bond motifs is 1. The van der Waals surface area contributed by atoms with Crippen LogP contribution >= 0.6 is 15.9 Å². The average molecular weight is 433 g/mol. The van der Waals surface area contributed by atoms with E-state index in [-0.39, 0.29) is 5.91 Å². The number of aryl methyl sites for hydroxylation is 1. The highest BCUT2D eigenvalue weighted by atomic mass is 79.9. The lowest BCUT2D eigenvalue weighted by atomic mass is 10.1. The van der Waals surface area contributed by atoms with Crippen molar-refractivity contribution in [3.05, 3.63) is 88.4 Å². The van der Waals surface area contributed by atoms with Gasteiger partial charge in [0.1, 0.15) is 0 Å². The lowest BCUT2D eigenvalue weighted by Gasteiger charge is -2.12. The van der Waals surface area contributed by atoms with E-state index in [1.54, 1.807) is 6.07 Å². The van der Waals surface area contributed by atoms with E-state index in [1.807, 2.05) is 73.7 Å². The molecule has 0 radical (unpaired) electrons. The first-order valence-corrected chi connectivity index (χ1v) is 9.56. The molecule has 3 aromatic carbocycles. The van der Waals surface area contributed by atoms with Gasteiger partial charge in [0.2, 0.25) is 5.95 Å². The van der Waals surface area contributed by atoms with Crippen molar-refractivity contribution in [2.45, 2.75) is 6.92 Å². The molecule has 0 aliphatic rings. The van der Waals surface area contributed by atoms with Gasteiger partial charge in [0.25, 0.3) is 5.91 Å². The third kappa shape index (κ3) is 3.73. The van der Waals surface area contributed by atoms with Crippen LogP contribution in [0.4, 0.5) is 5.95 Å². The van der Waals surface area contributed by atoms with Crippen LogP contribution in [0.3, 0.4) is 0 Å². The molecule has 0 saturated carbocycles. The Morgan fingerprint density at radius 1 is 0.929 bits per heavy atom. The predicted molar refractivity (Wildman–Crippen MR) is 115 cm³/mol. The van der Waals surface area contributed by atoms with Crippen molar-refractivity contribution in [2.24, 2.45) is 0 Å². The first-order chi connectivity index (χ1) is 13.6. The van der Waals surface area contributed by atoms with Gasteiger partial charge in [-0.2, -0.15) is 0 Å². The summed E-state index contributed by atoms with van der Waals surface area (Å²) in [5.41, 5.74) is 9.59. The maximum Gasteiger partial charge on any atom is 0.269 e. The molecule has 0 aliphatic heterocycles. The molecule has 6 heteroatoms. The Labute approximate surface area is 170 Å². The van der Waals surface area contributed by atoms with Crippen molar-refractivity contribution in [1.82, 2.24) is 15.4 Å². The van der Waals surface area contributed by atoms with Crippen LogP contribution in [0.1, 0.15) is 15.9 Å². The van der Waals surface area contributed by atoms with Gasteiger partial charge in [0.15, 0.2) is 0 Å². The van der Waals surface area contributed by atoms with Crippen LogP contribution in [0.25, 0.3) is 22.2 Å². The standard InChI is InChI=1S/C22H17BrN4O/c1-14-7-5-6-10-17(14)21(28)26-27-22-24-19-12-11-16(23)13-18(19)20(25-22)15-8-3-2-4-9-15/h2-13H,1H3,(H,26,28)(H,24,25,27). The molecule has 0 aliphatic carbocycles. The van der Waals surface area contributed by atoms with E-state index in [1.165, 1.54) is 0 Å². The van der Waals surface area contributed by atoms with Crippen molar-refractivity contribution in [3.63, 3.8) is 0 Å². The molecule has 0 saturated heterocycles. The van der Waals surface area contributed by atoms with Crippen LogP contribution in [-0.2, 0) is 0 Å². The van der Waals surface area contributed by atoms with E-state index in [4.69, 9.17) is 0 Å². The maximum atomic E-state index is 12.5. The molecule has 4 rings (SSSR count). The summed E-state index contributed by atoms with van der Waals surface area (Å²) in [5, 5.41) is 0.927. The molecular weight excluding hydrogens is 416 g/mol. The summed E-state index contributed by atoms with van der Waals surface area (Å²) in [6, 6.07) is 23.1. The Balaban J connectivity index is 1.69. The van der Waals surface area contributed by atoms with Crippen molar-refractivity contribution in [2.75, 3.05) is 5.43 Å². The molecule has 2 N–H and O–H groups in total. The second kappa shape index (κ2) is 7.78. The van der Waals surface area contributed by atoms with Gasteiger partial charge in [-0.15, -0.1) is 0 Å². The summed E-state index contributed by atoms with van der Waals surface area (Å²) in [6.07, 6.45) is 0. The minimum absolute atomic E-state index is 0.237. The fourth-order valence-corrected chi connectivity index (χ4v) is 3.34. The smallest absolute Gasteiger partial charge is 0.267 e. The fourth-order valence-electron chi connectivity index (χ4n) is 2.98. The Morgan fingerprint density at radius 2 is 1.68 bits per heavy atom. The van der Waals surface area contributed by atoms with Gasteiger partial charge in [-0.3, -0.25) is 15.6 Å². The zero-order valence-corrected chi connectivity index (χ0v) is 16.7. The summed E-state index contributed by atoms with van der Waals surface area (Å²) in [4.78, 5) is 21.6. The van der Waals surface area contributed by atoms with Crippen molar-refractivity contribution in [1.29, 1.82) is 0 Å². The van der Waals surface area contributed by atoms with Crippen LogP contribution < -0.4 is 10.9 Å². The molecule has 0 bridgehead atoms. The van der Waals surface area contributed by atoms with E-state index in [0.29, 0.717) is 11.5 Å². The highest BCUT2D eigenvalue weighted by Gasteiger charge is 2.12. The van der Waals surface area contributed by atoms with E-state index in [9.17, 15) is 4.79 Å². The predicted octanol–water partition coefficient (Wildman–Crippen LogP) is 5.12. The molecule has 1 aromatic heterocycles. The van der Waals surface area contributed by atoms with Gasteiger partial charge in [-0.1, -0.05) is 64.5 Å². The molecule has 0 fully saturated rings. The third-order valence-electron chi connectivity index (χ3n) is 4.38. The molecule has 28 heavy (non-hydrogen) atoms. The SMILES string of the molecule is Cc1ccccc1C(=O)NNc1nc(-c2ccccc2)c2cc(Br)ccc2n1. The number of hydrogen-bond acceptors (Lipinski definition) is 4. The number of nitrogens with one attached hydrogen (secondary N) is 2. The molecule has 5 nitrogen and oxygen atoms in total. The van der Waals surface area contributed by atoms with E-state index in [0.717, 1.165) is 32.2 Å². The molecule has 4 aromatic rings. The van der Waals surface area contributed by atoms with Gasteiger partial charge in [0.05, 0.1) is 11.2 Å². The molecule has 1 amide bonds. The lowest BCUT2D eigenvalue weighted by molar-refractivity contribution is 0.0961. The topological polar surface area (TPSA) is 66.9 Å². The minimum Gasteiger partial charge on any atom is -0.267 e. The van der Waals surface area contributed by atoms with Crippen LogP contribution in [0.5, 0.6) is 0 Å². The molecule has 138 valence electrons. The number of hydrogen-bond donors (Lipinski definition) is 2. The van der Waals surface area contributed by atoms with E-state index in [2.05, 4.69) is 36.7 Å². The zero-order chi connectivity index (χ0) is 19.5. The highest BCUT2D eigenvalue weighted by molar-refractivity contribution is 9.10. The van der Waals surface area contributed by atoms with Gasteiger partial charge >= 0.3 is 0 Å². The average Bonchev–Trinajstić information content (AvgIpc) is 2.72. The largest absolute Gasteiger partial charge is 0.269 e. The minimum atomic E-state index is -0.237. The second-order valence-corrected chi connectivity index (χ2v) is 7.23. The van der Waals surface area contributed by atoms with Crippen LogP contribution in [0, 0.1) is 6.92 Å². The summed E-state index contributed by atoms with van der Waals surface area (Å²) >= 11 is 3.51. The van der Waals surface area contributed by atoms with Crippen LogP contribution in [-0.4, -0.2) is 15.9 Å². The number of halogens is 1. The Kier molecular flexibility index (Phi) is 5.04. The Hall–Kier alpha value is -3.25. The van der Waals surface area contributed by atoms with E-state index < -0.39 is 0 Å². The third-order valence-corrected chi connectivity index (χ3v) is 4.88. The van der Waals surface area contributed by atoms with Crippen molar-refractivity contribution in [3.8, 4) is 11.3 Å². The summed E-state index contributed by atoms with van der Waals surface area (Å²) < 4.78 is 0.953. The number of carbonyl (C=O) groups is 1. The number of aromatic nitrogens is 2. The second-order valence-electron chi connectivity index (χ2n) is 6.32. The fraction of sp³-hybridized carbons (Fsp3) is 0.0455. The number of amides is 1. The number of anilines is 1. The Bertz CT molecular complexity index is 1160. The number of rotatable bonds is 4. The first kappa shape index (κ1) is 18.1. The van der Waals surface area contributed by atoms with Gasteiger partial charge in [-0.25, -0.2) is 9.97 Å². The quantitative estimate of drug-likeness (QED) is 0.438. The van der Waals surface area contributed by atoms with Gasteiger partial charge in [0, 0.05) is 21.0 Å². The maximum absolute atomic E-state index is 12.5. The molecule has 0 spiro atoms. The number of carbonyl (C=O) groups excluding carboxylic acids is 1.